The van der Waals surface area contributed by atoms with Gasteiger partial charge < -0.3 is 10.1 Å². The minimum Gasteiger partial charge on any atom is -0.462 e. The van der Waals surface area contributed by atoms with Gasteiger partial charge in [-0.15, -0.1) is 11.3 Å². The molecule has 1 N–H and O–H groups in total. The molecule has 0 atom stereocenters. The summed E-state index contributed by atoms with van der Waals surface area (Å²) >= 11 is 1.51. The molecule has 2 aromatic heterocycles. The highest BCUT2D eigenvalue weighted by Crippen LogP contribution is 2.26. The van der Waals surface area contributed by atoms with Gasteiger partial charge >= 0.3 is 5.97 Å². The van der Waals surface area contributed by atoms with Crippen molar-refractivity contribution >= 4 is 39.1 Å². The first-order valence-electron chi connectivity index (χ1n) is 11.1. The molecule has 3 rings (SSSR count). The van der Waals surface area contributed by atoms with Crippen LogP contribution in [0.3, 0.4) is 0 Å². The third-order valence-electron chi connectivity index (χ3n) is 5.61. The number of rotatable bonds is 9. The number of ether oxygens (including phenoxy) is 1. The van der Waals surface area contributed by atoms with Crippen LogP contribution in [-0.2, 0) is 22.6 Å². The molecule has 0 saturated carbocycles. The number of hydrogen-bond donors (Lipinski definition) is 1. The van der Waals surface area contributed by atoms with Gasteiger partial charge in [0.15, 0.2) is 0 Å². The summed E-state index contributed by atoms with van der Waals surface area (Å²) in [6.07, 6.45) is 0. The van der Waals surface area contributed by atoms with Crippen molar-refractivity contribution in [3.05, 3.63) is 56.4 Å². The summed E-state index contributed by atoms with van der Waals surface area (Å²) in [5.41, 5.74) is 1.65. The Bertz CT molecular complexity index is 1210. The van der Waals surface area contributed by atoms with Crippen LogP contribution < -0.4 is 10.9 Å². The molecule has 176 valence electrons. The average Bonchev–Trinajstić information content (AvgIpc) is 3.08. The number of thiophene rings is 1. The number of carbonyl (C=O) groups is 2. The van der Waals surface area contributed by atoms with Crippen LogP contribution >= 0.6 is 11.3 Å². The Morgan fingerprint density at radius 3 is 2.39 bits per heavy atom. The monoisotopic (exact) mass is 470 g/mol. The van der Waals surface area contributed by atoms with Gasteiger partial charge in [0, 0.05) is 10.6 Å². The minimum atomic E-state index is -0.413. The van der Waals surface area contributed by atoms with E-state index in [1.54, 1.807) is 31.2 Å². The zero-order valence-electron chi connectivity index (χ0n) is 19.7. The van der Waals surface area contributed by atoms with Crippen LogP contribution in [0.2, 0.25) is 0 Å². The summed E-state index contributed by atoms with van der Waals surface area (Å²) in [5.74, 6) is -0.179. The predicted molar refractivity (Wildman–Crippen MR) is 131 cm³/mol. The van der Waals surface area contributed by atoms with Crippen molar-refractivity contribution in [2.75, 3.05) is 25.0 Å². The second kappa shape index (κ2) is 10.7. The zero-order valence-corrected chi connectivity index (χ0v) is 20.5. The quantitative estimate of drug-likeness (QED) is 0.479. The molecule has 0 bridgehead atoms. The van der Waals surface area contributed by atoms with Crippen LogP contribution in [0.25, 0.3) is 10.2 Å². The maximum absolute atomic E-state index is 13.4. The summed E-state index contributed by atoms with van der Waals surface area (Å²) in [6, 6.07) is 6.46. The van der Waals surface area contributed by atoms with Crippen molar-refractivity contribution in [2.45, 2.75) is 47.7 Å². The number of anilines is 1. The van der Waals surface area contributed by atoms with Crippen molar-refractivity contribution < 1.29 is 14.3 Å². The van der Waals surface area contributed by atoms with Crippen LogP contribution in [0.5, 0.6) is 0 Å². The van der Waals surface area contributed by atoms with E-state index in [-0.39, 0.29) is 18.0 Å². The molecule has 0 aliphatic carbocycles. The number of hydrogen-bond acceptors (Lipinski definition) is 7. The van der Waals surface area contributed by atoms with Gasteiger partial charge in [-0.05, 0) is 63.7 Å². The molecule has 0 spiro atoms. The second-order valence-corrected chi connectivity index (χ2v) is 8.89. The molecule has 2 heterocycles. The molecule has 33 heavy (non-hydrogen) atoms. The molecule has 1 aromatic carbocycles. The predicted octanol–water partition coefficient (Wildman–Crippen LogP) is 3.73. The zero-order chi connectivity index (χ0) is 24.1. The molecular weight excluding hydrogens is 440 g/mol. The Balaban J connectivity index is 1.89. The third kappa shape index (κ3) is 5.48. The maximum Gasteiger partial charge on any atom is 0.338 e. The SMILES string of the molecule is CCOC(=O)c1ccc(NC(=O)Cn2c(CN(CC)CC)nc3sc(C)c(C)c3c2=O)cc1. The molecule has 3 aromatic rings. The van der Waals surface area contributed by atoms with Gasteiger partial charge in [0.25, 0.3) is 5.56 Å². The summed E-state index contributed by atoms with van der Waals surface area (Å²) in [4.78, 5) is 46.7. The largest absolute Gasteiger partial charge is 0.462 e. The maximum atomic E-state index is 13.4. The van der Waals surface area contributed by atoms with Gasteiger partial charge in [0.05, 0.1) is 24.1 Å². The minimum absolute atomic E-state index is 0.146. The average molecular weight is 471 g/mol. The Labute approximate surface area is 197 Å². The lowest BCUT2D eigenvalue weighted by molar-refractivity contribution is -0.116. The van der Waals surface area contributed by atoms with Gasteiger partial charge in [-0.3, -0.25) is 19.1 Å². The normalized spacial score (nSPS) is 11.2. The van der Waals surface area contributed by atoms with Crippen molar-refractivity contribution in [3.63, 3.8) is 0 Å². The Morgan fingerprint density at radius 1 is 1.12 bits per heavy atom. The van der Waals surface area contributed by atoms with Crippen LogP contribution in [0, 0.1) is 13.8 Å². The van der Waals surface area contributed by atoms with Gasteiger partial charge in [0.2, 0.25) is 5.91 Å². The van der Waals surface area contributed by atoms with Crippen LogP contribution in [0.15, 0.2) is 29.1 Å². The van der Waals surface area contributed by atoms with E-state index >= 15 is 0 Å². The second-order valence-electron chi connectivity index (χ2n) is 7.69. The van der Waals surface area contributed by atoms with Crippen molar-refractivity contribution in [1.82, 2.24) is 14.5 Å². The molecular formula is C24H30N4O4S. The van der Waals surface area contributed by atoms with E-state index in [2.05, 4.69) is 24.1 Å². The number of carbonyl (C=O) groups excluding carboxylic acids is 2. The lowest BCUT2D eigenvalue weighted by Gasteiger charge is -2.20. The van der Waals surface area contributed by atoms with Crippen LogP contribution in [-0.4, -0.2) is 46.0 Å². The van der Waals surface area contributed by atoms with Gasteiger partial charge in [-0.1, -0.05) is 13.8 Å². The molecule has 8 nitrogen and oxygen atoms in total. The molecule has 0 fully saturated rings. The smallest absolute Gasteiger partial charge is 0.338 e. The van der Waals surface area contributed by atoms with Crippen molar-refractivity contribution in [2.24, 2.45) is 0 Å². The Kier molecular flexibility index (Phi) is 7.99. The number of nitrogens with one attached hydrogen (secondary N) is 1. The molecule has 9 heteroatoms. The number of amides is 1. The fourth-order valence-corrected chi connectivity index (χ4v) is 4.59. The fraction of sp³-hybridized carbons (Fsp3) is 0.417. The molecule has 0 unspecified atom stereocenters. The first-order chi connectivity index (χ1) is 15.8. The summed E-state index contributed by atoms with van der Waals surface area (Å²) in [5, 5.41) is 3.38. The highest BCUT2D eigenvalue weighted by atomic mass is 32.1. The lowest BCUT2D eigenvalue weighted by atomic mass is 10.2. The standard InChI is InChI=1S/C24H30N4O4S/c1-6-27(7-2)13-19-26-22-21(15(4)16(5)33-22)23(30)28(19)14-20(29)25-18-11-9-17(10-12-18)24(31)32-8-3/h9-12H,6-8,13-14H2,1-5H3,(H,25,29). The Hall–Kier alpha value is -3.04. The van der Waals surface area contributed by atoms with Crippen molar-refractivity contribution in [1.29, 1.82) is 0 Å². The van der Waals surface area contributed by atoms with E-state index in [0.717, 1.165) is 23.5 Å². The topological polar surface area (TPSA) is 93.5 Å². The number of esters is 1. The highest BCUT2D eigenvalue weighted by molar-refractivity contribution is 7.18. The fourth-order valence-electron chi connectivity index (χ4n) is 3.55. The van der Waals surface area contributed by atoms with E-state index in [9.17, 15) is 14.4 Å². The van der Waals surface area contributed by atoms with Crippen LogP contribution in [0.4, 0.5) is 5.69 Å². The van der Waals surface area contributed by atoms with Gasteiger partial charge in [0.1, 0.15) is 17.2 Å². The molecule has 0 aliphatic heterocycles. The number of benzene rings is 1. The van der Waals surface area contributed by atoms with E-state index in [4.69, 9.17) is 9.72 Å². The van der Waals surface area contributed by atoms with Crippen molar-refractivity contribution in [3.8, 4) is 0 Å². The summed E-state index contributed by atoms with van der Waals surface area (Å²) in [6.45, 7) is 12.0. The number of fused-ring (bicyclic) bond motifs is 1. The number of aryl methyl sites for hydroxylation is 2. The first kappa shape index (κ1) is 24.6. The third-order valence-corrected chi connectivity index (χ3v) is 6.71. The number of aromatic nitrogens is 2. The van der Waals surface area contributed by atoms with Gasteiger partial charge in [-0.25, -0.2) is 9.78 Å². The van der Waals surface area contributed by atoms with Crippen LogP contribution in [0.1, 0.15) is 47.4 Å². The summed E-state index contributed by atoms with van der Waals surface area (Å²) < 4.78 is 6.45. The van der Waals surface area contributed by atoms with E-state index < -0.39 is 5.97 Å². The van der Waals surface area contributed by atoms with E-state index in [1.807, 2.05) is 13.8 Å². The highest BCUT2D eigenvalue weighted by Gasteiger charge is 2.19. The summed E-state index contributed by atoms with van der Waals surface area (Å²) in [7, 11) is 0. The molecule has 0 saturated heterocycles. The van der Waals surface area contributed by atoms with Gasteiger partial charge in [-0.2, -0.15) is 0 Å². The first-order valence-corrected chi connectivity index (χ1v) is 11.9. The Morgan fingerprint density at radius 2 is 1.79 bits per heavy atom. The molecule has 0 radical (unpaired) electrons. The number of nitrogens with zero attached hydrogens (tertiary/aromatic N) is 3. The van der Waals surface area contributed by atoms with E-state index in [1.165, 1.54) is 15.9 Å². The molecule has 0 aliphatic rings. The lowest BCUT2D eigenvalue weighted by Crippen LogP contribution is -2.34. The van der Waals surface area contributed by atoms with E-state index in [0.29, 0.717) is 40.4 Å². The molecule has 1 amide bonds.